The van der Waals surface area contributed by atoms with Crippen LogP contribution in [-0.2, 0) is 32.5 Å². The van der Waals surface area contributed by atoms with Gasteiger partial charge in [-0.15, -0.1) is 0 Å². The molecular formula is C24H27ClN4O6S. The first-order chi connectivity index (χ1) is 17.3. The first kappa shape index (κ1) is 26.1. The van der Waals surface area contributed by atoms with Crippen LogP contribution < -0.4 is 4.74 Å². The number of benzene rings is 2. The van der Waals surface area contributed by atoms with Crippen LogP contribution >= 0.6 is 11.6 Å². The number of nitrogens with zero attached hydrogens (tertiary/aromatic N) is 4. The molecule has 1 aliphatic rings. The van der Waals surface area contributed by atoms with Gasteiger partial charge in [-0.2, -0.15) is 9.29 Å². The maximum absolute atomic E-state index is 13.0. The minimum Gasteiger partial charge on any atom is -0.496 e. The Hall–Kier alpha value is -2.99. The summed E-state index contributed by atoms with van der Waals surface area (Å²) in [6.45, 7) is 1.46. The summed E-state index contributed by atoms with van der Waals surface area (Å²) in [6.07, 6.45) is 0.437. The molecule has 2 aromatic carbocycles. The molecule has 0 saturated carbocycles. The van der Waals surface area contributed by atoms with Crippen molar-refractivity contribution >= 4 is 27.5 Å². The van der Waals surface area contributed by atoms with Crippen LogP contribution in [0.4, 0.5) is 0 Å². The molecule has 3 aromatic rings. The number of aromatic nitrogens is 2. The number of carbonyl (C=O) groups excluding carboxylic acids is 1. The minimum absolute atomic E-state index is 0.124. The minimum atomic E-state index is -3.66. The lowest BCUT2D eigenvalue weighted by atomic mass is 10.1. The van der Waals surface area contributed by atoms with E-state index in [0.717, 1.165) is 0 Å². The average molecular weight is 535 g/mol. The summed E-state index contributed by atoms with van der Waals surface area (Å²) in [5.41, 5.74) is 1.27. The molecule has 0 spiro atoms. The van der Waals surface area contributed by atoms with Gasteiger partial charge in [0.25, 0.3) is 0 Å². The Morgan fingerprint density at radius 2 is 1.94 bits per heavy atom. The standard InChI is InChI=1S/C24H27ClN4O6S/c1-28(16-22-26-24(27-35-22)19-5-3-4-6-20(19)25)23(30)10-7-17-15-18(8-9-21(17)33-2)36(31,32)29-11-13-34-14-12-29/h3-6,8-9,15H,7,10-14,16H2,1-2H3. The second-order valence-electron chi connectivity index (χ2n) is 8.23. The lowest BCUT2D eigenvalue weighted by Crippen LogP contribution is -2.40. The average Bonchev–Trinajstić information content (AvgIpc) is 3.35. The van der Waals surface area contributed by atoms with Gasteiger partial charge >= 0.3 is 0 Å². The highest BCUT2D eigenvalue weighted by atomic mass is 35.5. The molecule has 192 valence electrons. The molecule has 36 heavy (non-hydrogen) atoms. The smallest absolute Gasteiger partial charge is 0.246 e. The number of methoxy groups -OCH3 is 1. The summed E-state index contributed by atoms with van der Waals surface area (Å²) >= 11 is 6.19. The highest BCUT2D eigenvalue weighted by Gasteiger charge is 2.27. The third-order valence-corrected chi connectivity index (χ3v) is 8.07. The maximum atomic E-state index is 13.0. The van der Waals surface area contributed by atoms with Crippen LogP contribution in [-0.4, -0.2) is 74.1 Å². The summed E-state index contributed by atoms with van der Waals surface area (Å²) in [6, 6.07) is 11.9. The highest BCUT2D eigenvalue weighted by molar-refractivity contribution is 7.89. The van der Waals surface area contributed by atoms with Crippen LogP contribution in [0.15, 0.2) is 51.9 Å². The van der Waals surface area contributed by atoms with Gasteiger partial charge in [-0.3, -0.25) is 4.79 Å². The predicted molar refractivity (Wildman–Crippen MR) is 132 cm³/mol. The van der Waals surface area contributed by atoms with Crippen molar-refractivity contribution in [2.75, 3.05) is 40.5 Å². The second kappa shape index (κ2) is 11.4. The van der Waals surface area contributed by atoms with Crippen LogP contribution in [0.25, 0.3) is 11.4 Å². The van der Waals surface area contributed by atoms with Crippen LogP contribution in [0.5, 0.6) is 5.75 Å². The molecule has 1 aliphatic heterocycles. The number of ether oxygens (including phenoxy) is 2. The van der Waals surface area contributed by atoms with Crippen molar-refractivity contribution in [3.63, 3.8) is 0 Å². The van der Waals surface area contributed by atoms with Crippen molar-refractivity contribution in [2.45, 2.75) is 24.3 Å². The van der Waals surface area contributed by atoms with E-state index in [2.05, 4.69) is 10.1 Å². The van der Waals surface area contributed by atoms with Crippen molar-refractivity contribution in [1.29, 1.82) is 0 Å². The fourth-order valence-corrected chi connectivity index (χ4v) is 5.52. The van der Waals surface area contributed by atoms with Gasteiger partial charge in [-0.25, -0.2) is 8.42 Å². The Morgan fingerprint density at radius 3 is 2.67 bits per heavy atom. The van der Waals surface area contributed by atoms with Crippen molar-refractivity contribution in [1.82, 2.24) is 19.3 Å². The summed E-state index contributed by atoms with van der Waals surface area (Å²) < 4.78 is 43.4. The van der Waals surface area contributed by atoms with Crippen LogP contribution in [0.2, 0.25) is 5.02 Å². The van der Waals surface area contributed by atoms with Gasteiger partial charge in [0.15, 0.2) is 0 Å². The Labute approximate surface area is 214 Å². The normalized spacial score (nSPS) is 14.5. The highest BCUT2D eigenvalue weighted by Crippen LogP contribution is 2.27. The number of carbonyl (C=O) groups is 1. The van der Waals surface area contributed by atoms with Gasteiger partial charge in [-0.05, 0) is 42.3 Å². The quantitative estimate of drug-likeness (QED) is 0.411. The lowest BCUT2D eigenvalue weighted by molar-refractivity contribution is -0.130. The Bertz CT molecular complexity index is 1320. The molecule has 0 bridgehead atoms. The second-order valence-corrected chi connectivity index (χ2v) is 10.6. The number of amides is 1. The molecule has 10 nitrogen and oxygen atoms in total. The fourth-order valence-electron chi connectivity index (χ4n) is 3.84. The molecule has 0 radical (unpaired) electrons. The Balaban J connectivity index is 1.41. The van der Waals surface area contributed by atoms with Gasteiger partial charge < -0.3 is 18.9 Å². The zero-order valence-corrected chi connectivity index (χ0v) is 21.6. The number of hydrogen-bond donors (Lipinski definition) is 0. The first-order valence-corrected chi connectivity index (χ1v) is 13.2. The first-order valence-electron chi connectivity index (χ1n) is 11.4. The van der Waals surface area contributed by atoms with E-state index in [1.54, 1.807) is 31.3 Å². The third kappa shape index (κ3) is 5.86. The van der Waals surface area contributed by atoms with E-state index in [9.17, 15) is 13.2 Å². The van der Waals surface area contributed by atoms with E-state index < -0.39 is 10.0 Å². The van der Waals surface area contributed by atoms with Crippen LogP contribution in [0.1, 0.15) is 17.9 Å². The van der Waals surface area contributed by atoms with Gasteiger partial charge in [0.05, 0.1) is 36.8 Å². The number of aryl methyl sites for hydroxylation is 1. The molecule has 0 unspecified atom stereocenters. The lowest BCUT2D eigenvalue weighted by Gasteiger charge is -2.26. The molecule has 0 aliphatic carbocycles. The summed E-state index contributed by atoms with van der Waals surface area (Å²) in [7, 11) is -0.517. The third-order valence-electron chi connectivity index (χ3n) is 5.85. The van der Waals surface area contributed by atoms with E-state index in [0.29, 0.717) is 60.4 Å². The molecular weight excluding hydrogens is 508 g/mol. The topological polar surface area (TPSA) is 115 Å². The van der Waals surface area contributed by atoms with E-state index in [-0.39, 0.29) is 29.7 Å². The van der Waals surface area contributed by atoms with Gasteiger partial charge in [0.1, 0.15) is 5.75 Å². The van der Waals surface area contributed by atoms with E-state index >= 15 is 0 Å². The number of halogens is 1. The predicted octanol–water partition coefficient (Wildman–Crippen LogP) is 3.01. The number of sulfonamides is 1. The zero-order valence-electron chi connectivity index (χ0n) is 20.0. The zero-order chi connectivity index (χ0) is 25.7. The number of rotatable bonds is 9. The Morgan fingerprint density at radius 1 is 1.19 bits per heavy atom. The number of morpholine rings is 1. The molecule has 4 rings (SSSR count). The van der Waals surface area contributed by atoms with Gasteiger partial charge in [0, 0.05) is 32.1 Å². The monoisotopic (exact) mass is 534 g/mol. The molecule has 12 heteroatoms. The van der Waals surface area contributed by atoms with Crippen molar-refractivity contribution in [2.24, 2.45) is 0 Å². The number of hydrogen-bond acceptors (Lipinski definition) is 8. The molecule has 0 atom stereocenters. The largest absolute Gasteiger partial charge is 0.496 e. The molecule has 1 saturated heterocycles. The fraction of sp³-hybridized carbons (Fsp3) is 0.375. The van der Waals surface area contributed by atoms with Gasteiger partial charge in [0.2, 0.25) is 27.6 Å². The van der Waals surface area contributed by atoms with Crippen molar-refractivity contribution in [3.8, 4) is 17.1 Å². The molecule has 0 N–H and O–H groups in total. The van der Waals surface area contributed by atoms with Crippen LogP contribution in [0, 0.1) is 0 Å². The van der Waals surface area contributed by atoms with Crippen molar-refractivity contribution < 1.29 is 27.2 Å². The molecule has 2 heterocycles. The van der Waals surface area contributed by atoms with Crippen LogP contribution in [0.3, 0.4) is 0 Å². The van der Waals surface area contributed by atoms with E-state index in [1.807, 2.05) is 12.1 Å². The van der Waals surface area contributed by atoms with E-state index in [1.165, 1.54) is 22.4 Å². The maximum Gasteiger partial charge on any atom is 0.246 e. The van der Waals surface area contributed by atoms with Crippen molar-refractivity contribution in [3.05, 3.63) is 58.9 Å². The molecule has 1 amide bonds. The molecule has 1 fully saturated rings. The summed E-state index contributed by atoms with van der Waals surface area (Å²) in [5.74, 6) is 0.972. The molecule has 1 aromatic heterocycles. The SMILES string of the molecule is COc1ccc(S(=O)(=O)N2CCOCC2)cc1CCC(=O)N(C)Cc1nc(-c2ccccc2Cl)no1. The van der Waals surface area contributed by atoms with Gasteiger partial charge in [-0.1, -0.05) is 28.9 Å². The summed E-state index contributed by atoms with van der Waals surface area (Å²) in [5, 5.41) is 4.45. The van der Waals surface area contributed by atoms with E-state index in [4.69, 9.17) is 25.6 Å². The Kier molecular flexibility index (Phi) is 8.24. The summed E-state index contributed by atoms with van der Waals surface area (Å²) in [4.78, 5) is 18.8.